The molecule has 0 saturated carbocycles. The lowest BCUT2D eigenvalue weighted by Crippen LogP contribution is -2.32. The van der Waals surface area contributed by atoms with Crippen LogP contribution in [0, 0.1) is 0 Å². The highest BCUT2D eigenvalue weighted by atomic mass is 79.9. The zero-order valence-corrected chi connectivity index (χ0v) is 11.6. The first-order valence-electron chi connectivity index (χ1n) is 4.89. The van der Waals surface area contributed by atoms with E-state index in [1.54, 1.807) is 13.1 Å². The molecule has 0 unspecified atom stereocenters. The number of halogens is 1. The number of carbonyl (C=O) groups is 2. The normalized spacial score (nSPS) is 10.0. The SMILES string of the molecule is CCOC(=O)CNCC(=O)Nc1ncc(Br)s1. The van der Waals surface area contributed by atoms with Gasteiger partial charge in [0.15, 0.2) is 5.13 Å². The Morgan fingerprint density at radius 3 is 2.88 bits per heavy atom. The van der Waals surface area contributed by atoms with Crippen LogP contribution in [-0.4, -0.2) is 36.6 Å². The van der Waals surface area contributed by atoms with E-state index in [0.29, 0.717) is 11.7 Å². The Bertz CT molecular complexity index is 397. The summed E-state index contributed by atoms with van der Waals surface area (Å²) in [6, 6.07) is 0. The van der Waals surface area contributed by atoms with E-state index >= 15 is 0 Å². The van der Waals surface area contributed by atoms with E-state index in [2.05, 4.69) is 31.5 Å². The lowest BCUT2D eigenvalue weighted by Gasteiger charge is -2.04. The minimum Gasteiger partial charge on any atom is -0.465 e. The molecule has 0 bridgehead atoms. The first kappa shape index (κ1) is 14.1. The minimum atomic E-state index is -0.378. The molecule has 0 atom stereocenters. The molecule has 0 fully saturated rings. The summed E-state index contributed by atoms with van der Waals surface area (Å²) in [5, 5.41) is 5.78. The largest absolute Gasteiger partial charge is 0.465 e. The van der Waals surface area contributed by atoms with E-state index < -0.39 is 0 Å². The molecule has 0 aliphatic rings. The van der Waals surface area contributed by atoms with Gasteiger partial charge in [0.2, 0.25) is 5.91 Å². The summed E-state index contributed by atoms with van der Waals surface area (Å²) in [6.07, 6.45) is 1.60. The maximum absolute atomic E-state index is 11.4. The lowest BCUT2D eigenvalue weighted by molar-refractivity contribution is -0.141. The van der Waals surface area contributed by atoms with Crippen molar-refractivity contribution in [2.45, 2.75) is 6.92 Å². The Balaban J connectivity index is 2.19. The van der Waals surface area contributed by atoms with Gasteiger partial charge in [-0.2, -0.15) is 0 Å². The topological polar surface area (TPSA) is 80.3 Å². The van der Waals surface area contributed by atoms with E-state index in [0.717, 1.165) is 3.79 Å². The standard InChI is InChI=1S/C9H12BrN3O3S/c1-2-16-8(15)5-11-4-7(14)13-9-12-3-6(10)17-9/h3,11H,2,4-5H2,1H3,(H,12,13,14). The number of ether oxygens (including phenoxy) is 1. The summed E-state index contributed by atoms with van der Waals surface area (Å²) >= 11 is 4.56. The van der Waals surface area contributed by atoms with Gasteiger partial charge in [0, 0.05) is 0 Å². The Morgan fingerprint density at radius 2 is 2.29 bits per heavy atom. The molecule has 94 valence electrons. The van der Waals surface area contributed by atoms with Crippen LogP contribution in [-0.2, 0) is 14.3 Å². The smallest absolute Gasteiger partial charge is 0.319 e. The van der Waals surface area contributed by atoms with Crippen LogP contribution in [0.5, 0.6) is 0 Å². The number of nitrogens with zero attached hydrogens (tertiary/aromatic N) is 1. The summed E-state index contributed by atoms with van der Waals surface area (Å²) in [5.41, 5.74) is 0. The van der Waals surface area contributed by atoms with Crippen LogP contribution in [0.1, 0.15) is 6.92 Å². The molecule has 6 nitrogen and oxygen atoms in total. The highest BCUT2D eigenvalue weighted by Crippen LogP contribution is 2.22. The molecule has 0 radical (unpaired) electrons. The third-order valence-corrected chi connectivity index (χ3v) is 2.98. The number of thiazole rings is 1. The number of hydrogen-bond donors (Lipinski definition) is 2. The average Bonchev–Trinajstić information content (AvgIpc) is 2.64. The maximum Gasteiger partial charge on any atom is 0.319 e. The summed E-state index contributed by atoms with van der Waals surface area (Å²) in [7, 11) is 0. The summed E-state index contributed by atoms with van der Waals surface area (Å²) < 4.78 is 5.54. The number of hydrogen-bond acceptors (Lipinski definition) is 6. The fourth-order valence-corrected chi connectivity index (χ4v) is 2.09. The van der Waals surface area contributed by atoms with Gasteiger partial charge in [0.25, 0.3) is 0 Å². The first-order valence-corrected chi connectivity index (χ1v) is 6.50. The summed E-state index contributed by atoms with van der Waals surface area (Å²) in [4.78, 5) is 26.3. The molecule has 1 amide bonds. The molecule has 17 heavy (non-hydrogen) atoms. The Kier molecular flexibility index (Phi) is 6.09. The highest BCUT2D eigenvalue weighted by Gasteiger charge is 2.07. The van der Waals surface area contributed by atoms with Gasteiger partial charge < -0.3 is 10.1 Å². The highest BCUT2D eigenvalue weighted by molar-refractivity contribution is 9.11. The van der Waals surface area contributed by atoms with Crippen LogP contribution in [0.25, 0.3) is 0 Å². The third kappa shape index (κ3) is 5.76. The molecule has 1 heterocycles. The van der Waals surface area contributed by atoms with Crippen molar-refractivity contribution >= 4 is 44.3 Å². The van der Waals surface area contributed by atoms with Crippen molar-refractivity contribution in [2.24, 2.45) is 0 Å². The van der Waals surface area contributed by atoms with E-state index in [9.17, 15) is 9.59 Å². The Morgan fingerprint density at radius 1 is 1.53 bits per heavy atom. The van der Waals surface area contributed by atoms with Gasteiger partial charge in [0.05, 0.1) is 29.7 Å². The van der Waals surface area contributed by atoms with Gasteiger partial charge in [-0.1, -0.05) is 11.3 Å². The number of anilines is 1. The first-order chi connectivity index (χ1) is 8.11. The van der Waals surface area contributed by atoms with Crippen molar-refractivity contribution in [3.05, 3.63) is 9.98 Å². The Labute approximate surface area is 111 Å². The van der Waals surface area contributed by atoms with Crippen molar-refractivity contribution in [1.82, 2.24) is 10.3 Å². The molecule has 0 aliphatic heterocycles. The zero-order chi connectivity index (χ0) is 12.7. The number of rotatable bonds is 6. The van der Waals surface area contributed by atoms with Gasteiger partial charge in [-0.25, -0.2) is 4.98 Å². The molecule has 2 N–H and O–H groups in total. The number of aromatic nitrogens is 1. The second-order valence-corrected chi connectivity index (χ2v) is 5.34. The van der Waals surface area contributed by atoms with Crippen LogP contribution in [0.2, 0.25) is 0 Å². The molecule has 1 aromatic rings. The van der Waals surface area contributed by atoms with Crippen molar-refractivity contribution in [1.29, 1.82) is 0 Å². The minimum absolute atomic E-state index is 0.0167. The third-order valence-electron chi connectivity index (χ3n) is 1.58. The van der Waals surface area contributed by atoms with Gasteiger partial charge in [-0.15, -0.1) is 0 Å². The van der Waals surface area contributed by atoms with Crippen LogP contribution in [0.4, 0.5) is 5.13 Å². The van der Waals surface area contributed by atoms with Gasteiger partial charge in [0.1, 0.15) is 0 Å². The van der Waals surface area contributed by atoms with Crippen molar-refractivity contribution in [2.75, 3.05) is 25.0 Å². The molecule has 0 aliphatic carbocycles. The second kappa shape index (κ2) is 7.36. The molecular formula is C9H12BrN3O3S. The van der Waals surface area contributed by atoms with E-state index in [1.165, 1.54) is 11.3 Å². The van der Waals surface area contributed by atoms with Crippen LogP contribution in [0.15, 0.2) is 9.98 Å². The molecular weight excluding hydrogens is 310 g/mol. The lowest BCUT2D eigenvalue weighted by atomic mass is 10.5. The predicted octanol–water partition coefficient (Wildman–Crippen LogP) is 0.997. The maximum atomic E-state index is 11.4. The second-order valence-electron chi connectivity index (χ2n) is 2.93. The average molecular weight is 322 g/mol. The van der Waals surface area contributed by atoms with Gasteiger partial charge in [-0.3, -0.25) is 14.9 Å². The molecule has 1 rings (SSSR count). The Hall–Kier alpha value is -0.990. The predicted molar refractivity (Wildman–Crippen MR) is 67.9 cm³/mol. The summed E-state index contributed by atoms with van der Waals surface area (Å²) in [5.74, 6) is -0.631. The zero-order valence-electron chi connectivity index (χ0n) is 9.16. The van der Waals surface area contributed by atoms with Crippen molar-refractivity contribution in [3.8, 4) is 0 Å². The molecule has 0 spiro atoms. The molecule has 0 saturated heterocycles. The van der Waals surface area contributed by atoms with Gasteiger partial charge >= 0.3 is 5.97 Å². The monoisotopic (exact) mass is 321 g/mol. The number of nitrogens with one attached hydrogen (secondary N) is 2. The summed E-state index contributed by atoms with van der Waals surface area (Å²) in [6.45, 7) is 2.11. The van der Waals surface area contributed by atoms with Crippen LogP contribution < -0.4 is 10.6 Å². The van der Waals surface area contributed by atoms with Crippen molar-refractivity contribution in [3.63, 3.8) is 0 Å². The molecule has 1 aromatic heterocycles. The number of esters is 1. The van der Waals surface area contributed by atoms with E-state index in [4.69, 9.17) is 4.74 Å². The van der Waals surface area contributed by atoms with Crippen LogP contribution >= 0.6 is 27.3 Å². The quantitative estimate of drug-likeness (QED) is 0.764. The molecule has 0 aromatic carbocycles. The number of carbonyl (C=O) groups excluding carboxylic acids is 2. The van der Waals surface area contributed by atoms with Crippen molar-refractivity contribution < 1.29 is 14.3 Å². The van der Waals surface area contributed by atoms with E-state index in [1.807, 2.05) is 0 Å². The van der Waals surface area contributed by atoms with Gasteiger partial charge in [-0.05, 0) is 22.9 Å². The number of amides is 1. The fourth-order valence-electron chi connectivity index (χ4n) is 0.966. The van der Waals surface area contributed by atoms with E-state index in [-0.39, 0.29) is 25.0 Å². The molecule has 8 heteroatoms. The van der Waals surface area contributed by atoms with Crippen LogP contribution in [0.3, 0.4) is 0 Å². The fraction of sp³-hybridized carbons (Fsp3) is 0.444.